The lowest BCUT2D eigenvalue weighted by atomic mass is 10.1. The van der Waals surface area contributed by atoms with Crippen molar-refractivity contribution >= 4 is 11.5 Å². The van der Waals surface area contributed by atoms with Crippen molar-refractivity contribution < 1.29 is 9.66 Å². The zero-order chi connectivity index (χ0) is 15.5. The average Bonchev–Trinajstić information content (AvgIpc) is 3.04. The van der Waals surface area contributed by atoms with Crippen molar-refractivity contribution in [2.24, 2.45) is 0 Å². The summed E-state index contributed by atoms with van der Waals surface area (Å²) in [6, 6.07) is 10.1. The number of nitro groups is 1. The van der Waals surface area contributed by atoms with E-state index in [9.17, 15) is 10.1 Å². The van der Waals surface area contributed by atoms with Gasteiger partial charge < -0.3 is 9.64 Å². The smallest absolute Gasteiger partial charge is 0.270 e. The number of non-ortho nitro benzene ring substituents is 1. The van der Waals surface area contributed by atoms with E-state index in [0.717, 1.165) is 25.3 Å². The number of anilines is 1. The van der Waals surface area contributed by atoms with Crippen molar-refractivity contribution in [2.75, 3.05) is 25.1 Å². The highest BCUT2D eigenvalue weighted by atomic mass is 16.6. The topological polar surface area (TPSA) is 81.4 Å². The molecule has 1 saturated heterocycles. The van der Waals surface area contributed by atoms with Crippen molar-refractivity contribution in [3.8, 4) is 11.3 Å². The number of hydrogen-bond acceptors (Lipinski definition) is 6. The van der Waals surface area contributed by atoms with E-state index >= 15 is 0 Å². The number of rotatable bonds is 4. The van der Waals surface area contributed by atoms with Crippen LogP contribution in [0.5, 0.6) is 0 Å². The first-order valence-electron chi connectivity index (χ1n) is 7.03. The molecule has 0 unspecified atom stereocenters. The fourth-order valence-electron chi connectivity index (χ4n) is 2.56. The molecule has 1 atom stereocenters. The molecule has 1 fully saturated rings. The largest absolute Gasteiger partial charge is 0.380 e. The SMILES string of the molecule is CO[C@H]1CCN(c2ccc(-c3cccc([N+](=O)[O-])c3)nn2)C1. The normalized spacial score (nSPS) is 17.7. The van der Waals surface area contributed by atoms with E-state index in [1.54, 1.807) is 19.2 Å². The Kier molecular flexibility index (Phi) is 3.97. The van der Waals surface area contributed by atoms with E-state index in [4.69, 9.17) is 4.74 Å². The van der Waals surface area contributed by atoms with Gasteiger partial charge in [0, 0.05) is 37.9 Å². The molecular weight excluding hydrogens is 284 g/mol. The lowest BCUT2D eigenvalue weighted by Crippen LogP contribution is -2.23. The van der Waals surface area contributed by atoms with Gasteiger partial charge in [0.2, 0.25) is 0 Å². The second-order valence-electron chi connectivity index (χ2n) is 5.18. The molecule has 2 aromatic rings. The third-order valence-corrected chi connectivity index (χ3v) is 3.81. The molecule has 3 rings (SSSR count). The maximum atomic E-state index is 10.8. The van der Waals surface area contributed by atoms with Gasteiger partial charge in [-0.05, 0) is 18.6 Å². The summed E-state index contributed by atoms with van der Waals surface area (Å²) in [5, 5.41) is 19.2. The van der Waals surface area contributed by atoms with E-state index in [2.05, 4.69) is 15.1 Å². The van der Waals surface area contributed by atoms with E-state index in [1.165, 1.54) is 12.1 Å². The highest BCUT2D eigenvalue weighted by Crippen LogP contribution is 2.24. The number of methoxy groups -OCH3 is 1. The van der Waals surface area contributed by atoms with E-state index in [1.807, 2.05) is 12.1 Å². The second kappa shape index (κ2) is 6.07. The molecule has 1 aliphatic rings. The molecule has 1 aromatic carbocycles. The Morgan fingerprint density at radius 2 is 2.18 bits per heavy atom. The number of aromatic nitrogens is 2. The van der Waals surface area contributed by atoms with Gasteiger partial charge in [0.15, 0.2) is 5.82 Å². The average molecular weight is 300 g/mol. The van der Waals surface area contributed by atoms with Crippen LogP contribution in [0.25, 0.3) is 11.3 Å². The highest BCUT2D eigenvalue weighted by Gasteiger charge is 2.23. The molecular formula is C15H16N4O3. The lowest BCUT2D eigenvalue weighted by molar-refractivity contribution is -0.384. The monoisotopic (exact) mass is 300 g/mol. The van der Waals surface area contributed by atoms with Crippen LogP contribution in [0.4, 0.5) is 11.5 Å². The Balaban J connectivity index is 1.80. The Hall–Kier alpha value is -2.54. The predicted molar refractivity (Wildman–Crippen MR) is 81.7 cm³/mol. The van der Waals surface area contributed by atoms with Crippen molar-refractivity contribution in [3.63, 3.8) is 0 Å². The van der Waals surface area contributed by atoms with Crippen molar-refractivity contribution in [3.05, 3.63) is 46.5 Å². The zero-order valence-electron chi connectivity index (χ0n) is 12.2. The molecule has 0 N–H and O–H groups in total. The molecule has 7 nitrogen and oxygen atoms in total. The first-order valence-corrected chi connectivity index (χ1v) is 7.03. The van der Waals surface area contributed by atoms with Crippen molar-refractivity contribution in [1.29, 1.82) is 0 Å². The Morgan fingerprint density at radius 1 is 1.32 bits per heavy atom. The van der Waals surface area contributed by atoms with E-state index < -0.39 is 4.92 Å². The fourth-order valence-corrected chi connectivity index (χ4v) is 2.56. The maximum absolute atomic E-state index is 10.8. The molecule has 0 spiro atoms. The van der Waals surface area contributed by atoms with Gasteiger partial charge in [0.05, 0.1) is 16.7 Å². The third kappa shape index (κ3) is 2.89. The number of benzene rings is 1. The van der Waals surface area contributed by atoms with Crippen LogP contribution in [-0.2, 0) is 4.74 Å². The quantitative estimate of drug-likeness (QED) is 0.636. The Bertz CT molecular complexity index is 675. The number of ether oxygens (including phenoxy) is 1. The molecule has 1 aromatic heterocycles. The summed E-state index contributed by atoms with van der Waals surface area (Å²) >= 11 is 0. The second-order valence-corrected chi connectivity index (χ2v) is 5.18. The summed E-state index contributed by atoms with van der Waals surface area (Å²) in [4.78, 5) is 12.5. The van der Waals surface area contributed by atoms with Crippen LogP contribution in [-0.4, -0.2) is 41.4 Å². The Labute approximate surface area is 127 Å². The number of nitrogens with zero attached hydrogens (tertiary/aromatic N) is 4. The summed E-state index contributed by atoms with van der Waals surface area (Å²) in [5.41, 5.74) is 1.35. The van der Waals surface area contributed by atoms with Gasteiger partial charge in [-0.1, -0.05) is 12.1 Å². The summed E-state index contributed by atoms with van der Waals surface area (Å²) in [7, 11) is 1.71. The standard InChI is InChI=1S/C15H16N4O3/c1-22-13-7-8-18(10-13)15-6-5-14(16-17-15)11-3-2-4-12(9-11)19(20)21/h2-6,9,13H,7-8,10H2,1H3/t13-/m0/s1. The summed E-state index contributed by atoms with van der Waals surface area (Å²) in [6.07, 6.45) is 1.21. The fraction of sp³-hybridized carbons (Fsp3) is 0.333. The number of nitro benzene ring substituents is 1. The van der Waals surface area contributed by atoms with Crippen molar-refractivity contribution in [1.82, 2.24) is 10.2 Å². The van der Waals surface area contributed by atoms with Gasteiger partial charge in [-0.15, -0.1) is 10.2 Å². The molecule has 1 aliphatic heterocycles. The number of hydrogen-bond donors (Lipinski definition) is 0. The molecule has 0 bridgehead atoms. The van der Waals surface area contributed by atoms with Crippen LogP contribution in [0, 0.1) is 10.1 Å². The third-order valence-electron chi connectivity index (χ3n) is 3.81. The molecule has 7 heteroatoms. The molecule has 0 radical (unpaired) electrons. The van der Waals surface area contributed by atoms with Gasteiger partial charge in [0.25, 0.3) is 5.69 Å². The minimum atomic E-state index is -0.416. The molecule has 2 heterocycles. The van der Waals surface area contributed by atoms with Gasteiger partial charge in [-0.2, -0.15) is 0 Å². The molecule has 0 saturated carbocycles. The lowest BCUT2D eigenvalue weighted by Gasteiger charge is -2.16. The van der Waals surface area contributed by atoms with Gasteiger partial charge >= 0.3 is 0 Å². The first kappa shape index (κ1) is 14.4. The first-order chi connectivity index (χ1) is 10.7. The van der Waals surface area contributed by atoms with E-state index in [0.29, 0.717) is 11.3 Å². The predicted octanol–water partition coefficient (Wildman–Crippen LogP) is 2.28. The molecule has 114 valence electrons. The minimum Gasteiger partial charge on any atom is -0.380 e. The summed E-state index contributed by atoms with van der Waals surface area (Å²) in [6.45, 7) is 1.70. The summed E-state index contributed by atoms with van der Waals surface area (Å²) in [5.74, 6) is 0.800. The molecule has 0 aliphatic carbocycles. The highest BCUT2D eigenvalue weighted by molar-refractivity contribution is 5.62. The van der Waals surface area contributed by atoms with E-state index in [-0.39, 0.29) is 11.8 Å². The van der Waals surface area contributed by atoms with Gasteiger partial charge in [-0.3, -0.25) is 10.1 Å². The van der Waals surface area contributed by atoms with Crippen LogP contribution >= 0.6 is 0 Å². The van der Waals surface area contributed by atoms with Gasteiger partial charge in [0.1, 0.15) is 0 Å². The Morgan fingerprint density at radius 3 is 2.82 bits per heavy atom. The minimum absolute atomic E-state index is 0.0471. The van der Waals surface area contributed by atoms with Crippen LogP contribution in [0.2, 0.25) is 0 Å². The molecule has 22 heavy (non-hydrogen) atoms. The summed E-state index contributed by atoms with van der Waals surface area (Å²) < 4.78 is 5.34. The zero-order valence-corrected chi connectivity index (χ0v) is 12.2. The van der Waals surface area contributed by atoms with Crippen LogP contribution in [0.15, 0.2) is 36.4 Å². The maximum Gasteiger partial charge on any atom is 0.270 e. The van der Waals surface area contributed by atoms with Crippen molar-refractivity contribution in [2.45, 2.75) is 12.5 Å². The van der Waals surface area contributed by atoms with Crippen LogP contribution in [0.1, 0.15) is 6.42 Å². The van der Waals surface area contributed by atoms with Crippen LogP contribution < -0.4 is 4.90 Å². The van der Waals surface area contributed by atoms with Gasteiger partial charge in [-0.25, -0.2) is 0 Å². The molecule has 0 amide bonds. The van der Waals surface area contributed by atoms with Crippen LogP contribution in [0.3, 0.4) is 0 Å².